The van der Waals surface area contributed by atoms with E-state index in [-0.39, 0.29) is 5.75 Å². The van der Waals surface area contributed by atoms with E-state index in [1.165, 1.54) is 13.0 Å². The van der Waals surface area contributed by atoms with Gasteiger partial charge in [-0.2, -0.15) is 21.6 Å². The summed E-state index contributed by atoms with van der Waals surface area (Å²) in [7, 11) is -3.67. The van der Waals surface area contributed by atoms with Gasteiger partial charge in [-0.15, -0.1) is 0 Å². The minimum atomic E-state index is -5.64. The third-order valence-corrected chi connectivity index (χ3v) is 4.39. The van der Waals surface area contributed by atoms with E-state index >= 15 is 0 Å². The summed E-state index contributed by atoms with van der Waals surface area (Å²) in [6, 6.07) is 3.00. The molecule has 0 aliphatic rings. The minimum Gasteiger partial charge on any atom is -0.376 e. The summed E-state index contributed by atoms with van der Waals surface area (Å²) in [5.41, 5.74) is -3.43. The lowest BCUT2D eigenvalue weighted by Gasteiger charge is -2.17. The van der Waals surface area contributed by atoms with Gasteiger partial charge in [-0.1, -0.05) is 26.8 Å². The molecule has 0 saturated heterocycles. The van der Waals surface area contributed by atoms with Crippen LogP contribution in [0.5, 0.6) is 5.75 Å². The molecule has 24 heavy (non-hydrogen) atoms. The summed E-state index contributed by atoms with van der Waals surface area (Å²) in [4.78, 5) is 2.10. The average Bonchev–Trinajstić information content (AvgIpc) is 2.49. The van der Waals surface area contributed by atoms with Crippen LogP contribution in [0.25, 0.3) is 0 Å². The largest absolute Gasteiger partial charge is 0.534 e. The Morgan fingerprint density at radius 1 is 1.12 bits per heavy atom. The van der Waals surface area contributed by atoms with Crippen molar-refractivity contribution in [2.75, 3.05) is 20.1 Å². The number of hydrogen-bond acceptors (Lipinski definition) is 4. The number of rotatable bonds is 6. The van der Waals surface area contributed by atoms with Crippen LogP contribution in [0, 0.1) is 13.8 Å². The van der Waals surface area contributed by atoms with E-state index in [9.17, 15) is 21.6 Å². The molecular formula is C16H26F3NO3S. The third-order valence-electron chi connectivity index (χ3n) is 3.42. The molecule has 0 saturated carbocycles. The van der Waals surface area contributed by atoms with Gasteiger partial charge >= 0.3 is 15.6 Å². The highest BCUT2D eigenvalue weighted by atomic mass is 32.2. The molecule has 0 spiro atoms. The fourth-order valence-corrected chi connectivity index (χ4v) is 2.35. The predicted octanol–water partition coefficient (Wildman–Crippen LogP) is 4.05. The summed E-state index contributed by atoms with van der Waals surface area (Å²) in [6.45, 7) is 11.0. The van der Waals surface area contributed by atoms with Crippen LogP contribution in [0.2, 0.25) is 0 Å². The van der Waals surface area contributed by atoms with E-state index in [2.05, 4.69) is 9.08 Å². The Kier molecular flexibility index (Phi) is 8.77. The molecule has 0 bridgehead atoms. The summed E-state index contributed by atoms with van der Waals surface area (Å²) >= 11 is 0. The van der Waals surface area contributed by atoms with Gasteiger partial charge < -0.3 is 9.08 Å². The smallest absolute Gasteiger partial charge is 0.376 e. The van der Waals surface area contributed by atoms with Gasteiger partial charge in [0, 0.05) is 6.54 Å². The lowest BCUT2D eigenvalue weighted by molar-refractivity contribution is -0.0500. The highest BCUT2D eigenvalue weighted by molar-refractivity contribution is 7.88. The van der Waals surface area contributed by atoms with Crippen molar-refractivity contribution in [3.05, 3.63) is 28.8 Å². The van der Waals surface area contributed by atoms with Crippen molar-refractivity contribution in [1.29, 1.82) is 0 Å². The molecular weight excluding hydrogens is 343 g/mol. The number of nitrogens with zero attached hydrogens (tertiary/aromatic N) is 1. The number of aryl methyl sites for hydroxylation is 2. The maximum atomic E-state index is 12.4. The molecule has 0 aliphatic heterocycles. The van der Waals surface area contributed by atoms with Crippen molar-refractivity contribution in [1.82, 2.24) is 4.90 Å². The zero-order chi connectivity index (χ0) is 19.1. The number of likely N-dealkylation sites (N-methyl/N-ethyl adjacent to an activating group) is 1. The normalized spacial score (nSPS) is 11.9. The topological polar surface area (TPSA) is 46.6 Å². The molecule has 1 aromatic carbocycles. The van der Waals surface area contributed by atoms with Crippen molar-refractivity contribution < 1.29 is 25.8 Å². The number of halogens is 3. The van der Waals surface area contributed by atoms with E-state index in [1.54, 1.807) is 13.0 Å². The average molecular weight is 369 g/mol. The first-order valence-corrected chi connectivity index (χ1v) is 9.18. The SMILES string of the molecule is CC.CCN(C)CCc1cc(C)c(OS(=O)(=O)C(F)(F)F)cc1C. The Morgan fingerprint density at radius 2 is 1.67 bits per heavy atom. The Morgan fingerprint density at radius 3 is 2.12 bits per heavy atom. The summed E-state index contributed by atoms with van der Waals surface area (Å²) in [5, 5.41) is 0. The molecule has 1 aromatic rings. The van der Waals surface area contributed by atoms with Crippen molar-refractivity contribution in [3.8, 4) is 5.75 Å². The maximum absolute atomic E-state index is 12.4. The zero-order valence-corrected chi connectivity index (χ0v) is 15.8. The molecule has 0 aromatic heterocycles. The highest BCUT2D eigenvalue weighted by Gasteiger charge is 2.48. The van der Waals surface area contributed by atoms with Gasteiger partial charge in [0.1, 0.15) is 5.75 Å². The Bertz CT molecular complexity index is 628. The Labute approximate surface area is 142 Å². The first kappa shape index (κ1) is 22.7. The molecule has 4 nitrogen and oxygen atoms in total. The molecule has 8 heteroatoms. The fourth-order valence-electron chi connectivity index (χ4n) is 1.84. The minimum absolute atomic E-state index is 0.289. The summed E-state index contributed by atoms with van der Waals surface area (Å²) < 4.78 is 63.4. The van der Waals surface area contributed by atoms with Gasteiger partial charge in [-0.05, 0) is 56.6 Å². The van der Waals surface area contributed by atoms with Crippen LogP contribution < -0.4 is 4.18 Å². The van der Waals surface area contributed by atoms with Crippen molar-refractivity contribution in [2.45, 2.75) is 46.5 Å². The van der Waals surface area contributed by atoms with Crippen LogP contribution in [0.3, 0.4) is 0 Å². The number of benzene rings is 1. The van der Waals surface area contributed by atoms with E-state index in [0.29, 0.717) is 11.1 Å². The Balaban J connectivity index is 0.00000254. The van der Waals surface area contributed by atoms with Crippen molar-refractivity contribution >= 4 is 10.1 Å². The highest BCUT2D eigenvalue weighted by Crippen LogP contribution is 2.30. The van der Waals surface area contributed by atoms with Crippen LogP contribution in [0.4, 0.5) is 13.2 Å². The molecule has 0 radical (unpaired) electrons. The van der Waals surface area contributed by atoms with E-state index in [4.69, 9.17) is 0 Å². The molecule has 0 unspecified atom stereocenters. The zero-order valence-electron chi connectivity index (χ0n) is 15.0. The van der Waals surface area contributed by atoms with Gasteiger partial charge in [0.25, 0.3) is 0 Å². The van der Waals surface area contributed by atoms with Gasteiger partial charge in [0.2, 0.25) is 0 Å². The van der Waals surface area contributed by atoms with Crippen LogP contribution in [0.1, 0.15) is 37.5 Å². The third kappa shape index (κ3) is 6.32. The van der Waals surface area contributed by atoms with Crippen LogP contribution in [-0.2, 0) is 16.5 Å². The standard InChI is InChI=1S/C14H20F3NO3S.C2H6/c1-5-18(4)7-6-12-8-11(3)13(9-10(12)2)21-22(19,20)14(15,16)17;1-2/h8-9H,5-7H2,1-4H3;1-2H3. The number of alkyl halides is 3. The molecule has 0 heterocycles. The van der Waals surface area contributed by atoms with Gasteiger partial charge in [0.15, 0.2) is 0 Å². The number of hydrogen-bond donors (Lipinski definition) is 0. The van der Waals surface area contributed by atoms with Gasteiger partial charge in [0.05, 0.1) is 0 Å². The van der Waals surface area contributed by atoms with E-state index in [0.717, 1.165) is 25.1 Å². The Hall–Kier alpha value is -1.28. The fraction of sp³-hybridized carbons (Fsp3) is 0.625. The summed E-state index contributed by atoms with van der Waals surface area (Å²) in [6.07, 6.45) is 0.726. The predicted molar refractivity (Wildman–Crippen MR) is 89.7 cm³/mol. The second-order valence-electron chi connectivity index (χ2n) is 5.17. The monoisotopic (exact) mass is 369 g/mol. The van der Waals surface area contributed by atoms with Crippen molar-refractivity contribution in [2.24, 2.45) is 0 Å². The maximum Gasteiger partial charge on any atom is 0.534 e. The molecule has 0 amide bonds. The van der Waals surface area contributed by atoms with Crippen LogP contribution in [0.15, 0.2) is 12.1 Å². The van der Waals surface area contributed by atoms with Gasteiger partial charge in [-0.25, -0.2) is 0 Å². The molecule has 0 fully saturated rings. The molecule has 0 aliphatic carbocycles. The molecule has 0 N–H and O–H groups in total. The molecule has 1 rings (SSSR count). The first-order valence-electron chi connectivity index (χ1n) is 7.77. The lowest BCUT2D eigenvalue weighted by Crippen LogP contribution is -2.28. The molecule has 140 valence electrons. The second kappa shape index (κ2) is 9.27. The van der Waals surface area contributed by atoms with Gasteiger partial charge in [-0.3, -0.25) is 0 Å². The van der Waals surface area contributed by atoms with Crippen LogP contribution >= 0.6 is 0 Å². The summed E-state index contributed by atoms with van der Waals surface area (Å²) in [5.74, 6) is -0.289. The molecule has 0 atom stereocenters. The van der Waals surface area contributed by atoms with Crippen LogP contribution in [-0.4, -0.2) is 39.0 Å². The first-order chi connectivity index (χ1) is 11.0. The second-order valence-corrected chi connectivity index (χ2v) is 6.71. The van der Waals surface area contributed by atoms with E-state index in [1.807, 2.05) is 27.8 Å². The quantitative estimate of drug-likeness (QED) is 0.561. The lowest BCUT2D eigenvalue weighted by atomic mass is 10.0. The van der Waals surface area contributed by atoms with Crippen molar-refractivity contribution in [3.63, 3.8) is 0 Å². The van der Waals surface area contributed by atoms with E-state index < -0.39 is 15.6 Å².